The summed E-state index contributed by atoms with van der Waals surface area (Å²) < 4.78 is 37.9. The molecule has 0 aliphatic carbocycles. The average Bonchev–Trinajstić information content (AvgIpc) is 3.31. The first-order chi connectivity index (χ1) is 14.5. The van der Waals surface area contributed by atoms with Crippen molar-refractivity contribution in [2.45, 2.75) is 6.42 Å². The Labute approximate surface area is 173 Å². The van der Waals surface area contributed by atoms with Crippen molar-refractivity contribution in [1.29, 1.82) is 0 Å². The maximum atomic E-state index is 14.1. The fourth-order valence-corrected chi connectivity index (χ4v) is 4.40. The van der Waals surface area contributed by atoms with E-state index in [-0.39, 0.29) is 24.6 Å². The Balaban J connectivity index is 1.47. The molecule has 2 aromatic heterocycles. The number of hydrogen-bond donors (Lipinski definition) is 1. The lowest BCUT2D eigenvalue weighted by molar-refractivity contribution is 0.0997. The van der Waals surface area contributed by atoms with Crippen LogP contribution >= 0.6 is 11.3 Å². The molecule has 8 heteroatoms. The first-order valence-electron chi connectivity index (χ1n) is 9.06. The van der Waals surface area contributed by atoms with Gasteiger partial charge in [-0.2, -0.15) is 0 Å². The summed E-state index contributed by atoms with van der Waals surface area (Å²) in [5.41, 5.74) is 7.85. The fraction of sp³-hybridized carbons (Fsp3) is 0.0909. The van der Waals surface area contributed by atoms with Crippen molar-refractivity contribution in [3.05, 3.63) is 70.6 Å². The number of carbonyl (C=O) groups excluding carboxylic acids is 1. The molecule has 2 aromatic carbocycles. The molecule has 0 unspecified atom stereocenters. The summed E-state index contributed by atoms with van der Waals surface area (Å²) in [5.74, 6) is -0.252. The molecule has 0 spiro atoms. The number of nitrogen functional groups attached to an aromatic ring is 1. The van der Waals surface area contributed by atoms with Gasteiger partial charge in [-0.15, -0.1) is 11.3 Å². The number of pyridine rings is 1. The normalized spacial score (nSPS) is 12.5. The van der Waals surface area contributed by atoms with E-state index in [4.69, 9.17) is 15.2 Å². The first-order valence-corrected chi connectivity index (χ1v) is 9.87. The van der Waals surface area contributed by atoms with E-state index in [1.54, 1.807) is 24.3 Å². The molecule has 0 saturated carbocycles. The molecule has 1 aliphatic rings. The van der Waals surface area contributed by atoms with Crippen molar-refractivity contribution < 1.29 is 23.0 Å². The van der Waals surface area contributed by atoms with Crippen molar-refractivity contribution in [3.8, 4) is 22.8 Å². The Bertz CT molecular complexity index is 1320. The molecule has 0 fully saturated rings. The molecule has 4 aromatic rings. The maximum absolute atomic E-state index is 14.1. The number of nitrogens with zero attached hydrogens (tertiary/aromatic N) is 1. The molecule has 0 atom stereocenters. The van der Waals surface area contributed by atoms with Crippen LogP contribution in [0.25, 0.3) is 21.5 Å². The minimum absolute atomic E-state index is 0.146. The summed E-state index contributed by atoms with van der Waals surface area (Å²) in [6.45, 7) is 0.165. The molecule has 2 N–H and O–H groups in total. The van der Waals surface area contributed by atoms with Gasteiger partial charge in [-0.3, -0.25) is 4.79 Å². The quantitative estimate of drug-likeness (QED) is 0.468. The number of nitrogens with two attached hydrogens (primary N) is 1. The lowest BCUT2D eigenvalue weighted by atomic mass is 10.1. The molecule has 0 radical (unpaired) electrons. The van der Waals surface area contributed by atoms with Gasteiger partial charge in [0.15, 0.2) is 17.3 Å². The molecule has 0 amide bonds. The highest BCUT2D eigenvalue weighted by Crippen LogP contribution is 2.36. The summed E-state index contributed by atoms with van der Waals surface area (Å²) in [4.78, 5) is 18.2. The summed E-state index contributed by atoms with van der Waals surface area (Å²) in [6.07, 6.45) is 0.146. The second kappa shape index (κ2) is 7.07. The number of fused-ring (bicyclic) bond motifs is 2. The lowest BCUT2D eigenvalue weighted by Crippen LogP contribution is -2.04. The van der Waals surface area contributed by atoms with Crippen molar-refractivity contribution in [1.82, 2.24) is 4.98 Å². The number of halogens is 2. The number of anilines is 1. The summed E-state index contributed by atoms with van der Waals surface area (Å²) in [6, 6.07) is 12.0. The predicted octanol–water partition coefficient (Wildman–Crippen LogP) is 4.98. The number of benzene rings is 2. The largest absolute Gasteiger partial charge is 0.454 e. The van der Waals surface area contributed by atoms with Gasteiger partial charge in [0.25, 0.3) is 0 Å². The maximum Gasteiger partial charge on any atom is 0.231 e. The zero-order valence-electron chi connectivity index (χ0n) is 15.4. The van der Waals surface area contributed by atoms with Gasteiger partial charge < -0.3 is 15.2 Å². The first kappa shape index (κ1) is 18.5. The van der Waals surface area contributed by atoms with E-state index >= 15 is 0 Å². The van der Waals surface area contributed by atoms with Crippen molar-refractivity contribution in [2.24, 2.45) is 0 Å². The van der Waals surface area contributed by atoms with Gasteiger partial charge in [-0.25, -0.2) is 13.8 Å². The van der Waals surface area contributed by atoms with Crippen molar-refractivity contribution in [3.63, 3.8) is 0 Å². The lowest BCUT2D eigenvalue weighted by Gasteiger charge is -2.03. The Morgan fingerprint density at radius 2 is 1.90 bits per heavy atom. The number of thiophene rings is 1. The third kappa shape index (κ3) is 3.15. The standard InChI is InChI=1S/C22H14F2N2O3S/c23-12-2-3-13(15(24)9-12)16-5-4-14-20(25)21(30-22(14)26-16)17(27)7-11-1-6-18-19(8-11)29-10-28-18/h1-6,8-9H,7,10,25H2. The number of Topliss-reactive ketones (excluding diaryl/α,β-unsaturated/α-hetero) is 1. The van der Waals surface area contributed by atoms with Crippen LogP contribution in [0.15, 0.2) is 48.5 Å². The molecule has 0 bridgehead atoms. The molecule has 3 heterocycles. The van der Waals surface area contributed by atoms with Crippen LogP contribution in [-0.4, -0.2) is 17.6 Å². The highest BCUT2D eigenvalue weighted by atomic mass is 32.1. The van der Waals surface area contributed by atoms with Gasteiger partial charge >= 0.3 is 0 Å². The minimum Gasteiger partial charge on any atom is -0.454 e. The molecule has 0 saturated heterocycles. The van der Waals surface area contributed by atoms with E-state index in [0.717, 1.165) is 23.0 Å². The Hall–Kier alpha value is -3.52. The molecule has 150 valence electrons. The van der Waals surface area contributed by atoms with E-state index in [1.165, 1.54) is 12.1 Å². The van der Waals surface area contributed by atoms with E-state index in [0.29, 0.717) is 38.0 Å². The topological polar surface area (TPSA) is 74.4 Å². The zero-order valence-corrected chi connectivity index (χ0v) is 16.3. The van der Waals surface area contributed by atoms with Crippen LogP contribution in [0.1, 0.15) is 15.2 Å². The number of carbonyl (C=O) groups is 1. The molecule has 1 aliphatic heterocycles. The van der Waals surface area contributed by atoms with Crippen LogP contribution in [0.4, 0.5) is 14.5 Å². The highest BCUT2D eigenvalue weighted by Gasteiger charge is 2.20. The van der Waals surface area contributed by atoms with Crippen LogP contribution in [-0.2, 0) is 6.42 Å². The minimum atomic E-state index is -0.703. The second-order valence-electron chi connectivity index (χ2n) is 6.81. The van der Waals surface area contributed by atoms with E-state index in [9.17, 15) is 13.6 Å². The smallest absolute Gasteiger partial charge is 0.231 e. The number of ketones is 1. The molecule has 5 nitrogen and oxygen atoms in total. The monoisotopic (exact) mass is 424 g/mol. The zero-order chi connectivity index (χ0) is 20.8. The average molecular weight is 424 g/mol. The Morgan fingerprint density at radius 1 is 1.07 bits per heavy atom. The third-order valence-electron chi connectivity index (χ3n) is 4.86. The van der Waals surface area contributed by atoms with Gasteiger partial charge in [0.2, 0.25) is 6.79 Å². The molecule has 30 heavy (non-hydrogen) atoms. The van der Waals surface area contributed by atoms with Crippen LogP contribution in [0.5, 0.6) is 11.5 Å². The highest BCUT2D eigenvalue weighted by molar-refractivity contribution is 7.21. The molecular formula is C22H14F2N2O3S. The number of hydrogen-bond acceptors (Lipinski definition) is 6. The fourth-order valence-electron chi connectivity index (χ4n) is 3.37. The number of ether oxygens (including phenoxy) is 2. The van der Waals surface area contributed by atoms with Crippen LogP contribution in [0.2, 0.25) is 0 Å². The van der Waals surface area contributed by atoms with Gasteiger partial charge in [-0.05, 0) is 42.0 Å². The Kier molecular flexibility index (Phi) is 4.36. The SMILES string of the molecule is Nc1c(C(=O)Cc2ccc3c(c2)OCO3)sc2nc(-c3ccc(F)cc3F)ccc12. The molecular weight excluding hydrogens is 410 g/mol. The van der Waals surface area contributed by atoms with Crippen LogP contribution in [0, 0.1) is 11.6 Å². The van der Waals surface area contributed by atoms with E-state index in [2.05, 4.69) is 4.98 Å². The summed E-state index contributed by atoms with van der Waals surface area (Å²) in [7, 11) is 0. The van der Waals surface area contributed by atoms with Gasteiger partial charge in [-0.1, -0.05) is 6.07 Å². The van der Waals surface area contributed by atoms with Crippen LogP contribution < -0.4 is 15.2 Å². The summed E-state index contributed by atoms with van der Waals surface area (Å²) in [5, 5.41) is 0.625. The van der Waals surface area contributed by atoms with Crippen LogP contribution in [0.3, 0.4) is 0 Å². The number of aromatic nitrogens is 1. The van der Waals surface area contributed by atoms with E-state index < -0.39 is 11.6 Å². The van der Waals surface area contributed by atoms with Gasteiger partial charge in [0, 0.05) is 23.4 Å². The second-order valence-corrected chi connectivity index (χ2v) is 7.80. The predicted molar refractivity (Wildman–Crippen MR) is 110 cm³/mol. The van der Waals surface area contributed by atoms with Gasteiger partial charge in [0.05, 0.1) is 16.3 Å². The number of rotatable bonds is 4. The van der Waals surface area contributed by atoms with E-state index in [1.807, 2.05) is 6.07 Å². The third-order valence-corrected chi connectivity index (χ3v) is 6.01. The Morgan fingerprint density at radius 3 is 2.73 bits per heavy atom. The summed E-state index contributed by atoms with van der Waals surface area (Å²) >= 11 is 1.16. The van der Waals surface area contributed by atoms with Crippen molar-refractivity contribution in [2.75, 3.05) is 12.5 Å². The van der Waals surface area contributed by atoms with Gasteiger partial charge in [0.1, 0.15) is 16.5 Å². The molecule has 5 rings (SSSR count). The van der Waals surface area contributed by atoms with Crippen molar-refractivity contribution >= 4 is 33.0 Å².